The highest BCUT2D eigenvalue weighted by Crippen LogP contribution is 2.36. The van der Waals surface area contributed by atoms with Gasteiger partial charge in [0.25, 0.3) is 0 Å². The molecule has 1 aliphatic heterocycles. The number of fused-ring (bicyclic) bond motifs is 1. The number of imidazole rings is 1. The Morgan fingerprint density at radius 3 is 2.52 bits per heavy atom. The molecule has 2 aromatic rings. The Labute approximate surface area is 131 Å². The van der Waals surface area contributed by atoms with E-state index in [0.29, 0.717) is 5.92 Å². The molecule has 3 unspecified atom stereocenters. The second kappa shape index (κ2) is 5.26. The van der Waals surface area contributed by atoms with Gasteiger partial charge in [-0.1, -0.05) is 15.9 Å². The summed E-state index contributed by atoms with van der Waals surface area (Å²) >= 11 is 3.61. The van der Waals surface area contributed by atoms with Crippen LogP contribution in [-0.2, 0) is 18.8 Å². The summed E-state index contributed by atoms with van der Waals surface area (Å²) in [6.45, 7) is 2.84. The number of rotatable bonds is 2. The molecule has 2 heterocycles. The SMILES string of the molecule is CC1OCCC1C(N)c1cc2c(cc1Br)n(C)c(=O)n2C. The van der Waals surface area contributed by atoms with Crippen LogP contribution in [0.3, 0.4) is 0 Å². The first kappa shape index (κ1) is 14.8. The van der Waals surface area contributed by atoms with Crippen LogP contribution >= 0.6 is 15.9 Å². The lowest BCUT2D eigenvalue weighted by Crippen LogP contribution is -2.26. The molecular weight excluding hydrogens is 334 g/mol. The minimum atomic E-state index is -0.100. The van der Waals surface area contributed by atoms with Crippen molar-refractivity contribution >= 4 is 27.0 Å². The molecule has 0 radical (unpaired) electrons. The Bertz CT molecular complexity index is 749. The van der Waals surface area contributed by atoms with Crippen molar-refractivity contribution in [3.05, 3.63) is 32.7 Å². The first-order valence-corrected chi connectivity index (χ1v) is 7.93. The van der Waals surface area contributed by atoms with Gasteiger partial charge < -0.3 is 10.5 Å². The predicted molar refractivity (Wildman–Crippen MR) is 86.3 cm³/mol. The maximum absolute atomic E-state index is 12.0. The standard InChI is InChI=1S/C15H20BrN3O2/c1-8-9(4-5-21-8)14(17)10-6-12-13(7-11(10)16)19(3)15(20)18(12)2/h6-9,14H,4-5,17H2,1-3H3. The monoisotopic (exact) mass is 353 g/mol. The van der Waals surface area contributed by atoms with Gasteiger partial charge in [-0.05, 0) is 31.0 Å². The van der Waals surface area contributed by atoms with Gasteiger partial charge in [-0.3, -0.25) is 9.13 Å². The number of aryl methyl sites for hydroxylation is 2. The van der Waals surface area contributed by atoms with Gasteiger partial charge in [0.1, 0.15) is 0 Å². The third-order valence-electron chi connectivity index (χ3n) is 4.65. The third kappa shape index (κ3) is 2.25. The summed E-state index contributed by atoms with van der Waals surface area (Å²) in [7, 11) is 3.57. The van der Waals surface area contributed by atoms with Gasteiger partial charge >= 0.3 is 5.69 Å². The van der Waals surface area contributed by atoms with Crippen LogP contribution in [-0.4, -0.2) is 21.8 Å². The maximum Gasteiger partial charge on any atom is 0.328 e. The lowest BCUT2D eigenvalue weighted by Gasteiger charge is -2.23. The zero-order valence-electron chi connectivity index (χ0n) is 12.5. The number of ether oxygens (including phenoxy) is 1. The first-order chi connectivity index (χ1) is 9.91. The summed E-state index contributed by atoms with van der Waals surface area (Å²) in [5.41, 5.74) is 9.29. The fraction of sp³-hybridized carbons (Fsp3) is 0.533. The minimum absolute atomic E-state index is 0.0276. The highest BCUT2D eigenvalue weighted by molar-refractivity contribution is 9.10. The van der Waals surface area contributed by atoms with Crippen LogP contribution in [0.2, 0.25) is 0 Å². The molecular formula is C15H20BrN3O2. The molecule has 1 fully saturated rings. The van der Waals surface area contributed by atoms with Crippen molar-refractivity contribution in [3.8, 4) is 0 Å². The first-order valence-electron chi connectivity index (χ1n) is 7.14. The van der Waals surface area contributed by atoms with E-state index >= 15 is 0 Å². The van der Waals surface area contributed by atoms with E-state index in [-0.39, 0.29) is 17.8 Å². The molecule has 3 rings (SSSR count). The summed E-state index contributed by atoms with van der Waals surface area (Å²) in [5, 5.41) is 0. The van der Waals surface area contributed by atoms with Crippen LogP contribution in [0.1, 0.15) is 24.9 Å². The zero-order chi connectivity index (χ0) is 15.3. The summed E-state index contributed by atoms with van der Waals surface area (Å²) in [6.07, 6.45) is 1.14. The largest absolute Gasteiger partial charge is 0.378 e. The van der Waals surface area contributed by atoms with E-state index in [0.717, 1.165) is 34.1 Å². The Balaban J connectivity index is 2.13. The lowest BCUT2D eigenvalue weighted by atomic mass is 9.89. The van der Waals surface area contributed by atoms with E-state index in [1.165, 1.54) is 0 Å². The Kier molecular flexibility index (Phi) is 3.71. The normalized spacial score (nSPS) is 23.9. The number of nitrogens with two attached hydrogens (primary N) is 1. The van der Waals surface area contributed by atoms with E-state index in [1.807, 2.05) is 12.1 Å². The van der Waals surface area contributed by atoms with Gasteiger partial charge in [-0.2, -0.15) is 0 Å². The van der Waals surface area contributed by atoms with Crippen molar-refractivity contribution in [2.75, 3.05) is 6.61 Å². The van der Waals surface area contributed by atoms with Gasteiger partial charge in [0.2, 0.25) is 0 Å². The van der Waals surface area contributed by atoms with Gasteiger partial charge in [0.15, 0.2) is 0 Å². The zero-order valence-corrected chi connectivity index (χ0v) is 14.1. The van der Waals surface area contributed by atoms with Crippen molar-refractivity contribution in [3.63, 3.8) is 0 Å². The average molecular weight is 354 g/mol. The quantitative estimate of drug-likeness (QED) is 0.898. The number of benzene rings is 1. The summed E-state index contributed by atoms with van der Waals surface area (Å²) in [4.78, 5) is 12.0. The maximum atomic E-state index is 12.0. The van der Waals surface area contributed by atoms with Crippen molar-refractivity contribution in [1.82, 2.24) is 9.13 Å². The Morgan fingerprint density at radius 1 is 1.33 bits per heavy atom. The minimum Gasteiger partial charge on any atom is -0.378 e. The van der Waals surface area contributed by atoms with Crippen LogP contribution in [0, 0.1) is 5.92 Å². The molecule has 0 aliphatic carbocycles. The molecule has 0 amide bonds. The van der Waals surface area contributed by atoms with E-state index in [9.17, 15) is 4.79 Å². The summed E-state index contributed by atoms with van der Waals surface area (Å²) < 4.78 is 9.88. The van der Waals surface area contributed by atoms with Crippen molar-refractivity contribution in [1.29, 1.82) is 0 Å². The highest BCUT2D eigenvalue weighted by Gasteiger charge is 2.32. The molecule has 1 aliphatic rings. The second-order valence-electron chi connectivity index (χ2n) is 5.82. The second-order valence-corrected chi connectivity index (χ2v) is 6.67. The van der Waals surface area contributed by atoms with Crippen LogP contribution < -0.4 is 11.4 Å². The number of halogens is 1. The Morgan fingerprint density at radius 2 is 1.95 bits per heavy atom. The number of hydrogen-bond acceptors (Lipinski definition) is 3. The smallest absolute Gasteiger partial charge is 0.328 e. The fourth-order valence-electron chi connectivity index (χ4n) is 3.24. The molecule has 0 spiro atoms. The molecule has 0 bridgehead atoms. The lowest BCUT2D eigenvalue weighted by molar-refractivity contribution is 0.0994. The summed E-state index contributed by atoms with van der Waals surface area (Å²) in [5.74, 6) is 0.305. The van der Waals surface area contributed by atoms with E-state index in [1.54, 1.807) is 23.2 Å². The number of aromatic nitrogens is 2. The number of hydrogen-bond donors (Lipinski definition) is 1. The molecule has 5 nitrogen and oxygen atoms in total. The van der Waals surface area contributed by atoms with Crippen molar-refractivity contribution < 1.29 is 4.74 Å². The van der Waals surface area contributed by atoms with Crippen LogP contribution in [0.25, 0.3) is 11.0 Å². The molecule has 1 aromatic carbocycles. The molecule has 3 atom stereocenters. The van der Waals surface area contributed by atoms with E-state index < -0.39 is 0 Å². The topological polar surface area (TPSA) is 62.2 Å². The summed E-state index contributed by atoms with van der Waals surface area (Å²) in [6, 6.07) is 3.90. The molecule has 114 valence electrons. The van der Waals surface area contributed by atoms with Crippen molar-refractivity contribution in [2.45, 2.75) is 25.5 Å². The van der Waals surface area contributed by atoms with Gasteiger partial charge in [0, 0.05) is 37.1 Å². The average Bonchev–Trinajstić information content (AvgIpc) is 2.97. The van der Waals surface area contributed by atoms with E-state index in [4.69, 9.17) is 10.5 Å². The number of nitrogens with zero attached hydrogens (tertiary/aromatic N) is 2. The van der Waals surface area contributed by atoms with Crippen molar-refractivity contribution in [2.24, 2.45) is 25.7 Å². The van der Waals surface area contributed by atoms with Gasteiger partial charge in [-0.15, -0.1) is 0 Å². The highest BCUT2D eigenvalue weighted by atomic mass is 79.9. The van der Waals surface area contributed by atoms with Gasteiger partial charge in [0.05, 0.1) is 17.1 Å². The van der Waals surface area contributed by atoms with Crippen LogP contribution in [0.5, 0.6) is 0 Å². The molecule has 0 saturated carbocycles. The molecule has 21 heavy (non-hydrogen) atoms. The molecule has 6 heteroatoms. The van der Waals surface area contributed by atoms with E-state index in [2.05, 4.69) is 22.9 Å². The molecule has 2 N–H and O–H groups in total. The molecule has 1 aromatic heterocycles. The van der Waals surface area contributed by atoms with Gasteiger partial charge in [-0.25, -0.2) is 4.79 Å². The van der Waals surface area contributed by atoms with Crippen LogP contribution in [0.15, 0.2) is 21.4 Å². The predicted octanol–water partition coefficient (Wildman–Crippen LogP) is 2.06. The Hall–Kier alpha value is -1.11. The third-order valence-corrected chi connectivity index (χ3v) is 5.33. The fourth-order valence-corrected chi connectivity index (χ4v) is 3.84. The molecule has 1 saturated heterocycles. The van der Waals surface area contributed by atoms with Crippen LogP contribution in [0.4, 0.5) is 0 Å².